The van der Waals surface area contributed by atoms with Crippen molar-refractivity contribution < 1.29 is 0 Å². The number of thioether (sulfide) groups is 1. The average Bonchev–Trinajstić information content (AvgIpc) is 2.89. The third kappa shape index (κ3) is 3.05. The summed E-state index contributed by atoms with van der Waals surface area (Å²) in [5.41, 5.74) is 1.51. The van der Waals surface area contributed by atoms with Crippen LogP contribution in [0, 0.1) is 5.92 Å². The van der Waals surface area contributed by atoms with Crippen LogP contribution in [0.4, 0.5) is 0 Å². The molecule has 2 rings (SSSR count). The van der Waals surface area contributed by atoms with Gasteiger partial charge in [0.25, 0.3) is 0 Å². The van der Waals surface area contributed by atoms with Gasteiger partial charge in [0.1, 0.15) is 0 Å². The Bertz CT molecular complexity index is 345. The molecule has 0 spiro atoms. The van der Waals surface area contributed by atoms with Crippen molar-refractivity contribution in [2.45, 2.75) is 43.5 Å². The topological polar surface area (TPSA) is 12.0 Å². The van der Waals surface area contributed by atoms with Crippen LogP contribution in [0.15, 0.2) is 29.2 Å². The molecular weight excluding hydrogens is 226 g/mol. The first kappa shape index (κ1) is 13.0. The van der Waals surface area contributed by atoms with E-state index in [9.17, 15) is 0 Å². The molecule has 1 saturated carbocycles. The van der Waals surface area contributed by atoms with Gasteiger partial charge in [0.05, 0.1) is 0 Å². The summed E-state index contributed by atoms with van der Waals surface area (Å²) in [7, 11) is 0. The van der Waals surface area contributed by atoms with Crippen molar-refractivity contribution in [2.75, 3.05) is 12.8 Å². The summed E-state index contributed by atoms with van der Waals surface area (Å²) in [6.07, 6.45) is 7.78. The zero-order chi connectivity index (χ0) is 12.1. The Morgan fingerprint density at radius 1 is 1.29 bits per heavy atom. The zero-order valence-corrected chi connectivity index (χ0v) is 11.7. The molecule has 94 valence electrons. The second-order valence-electron chi connectivity index (χ2n) is 4.82. The van der Waals surface area contributed by atoms with Crippen LogP contribution in [-0.4, -0.2) is 12.8 Å². The molecule has 17 heavy (non-hydrogen) atoms. The van der Waals surface area contributed by atoms with Gasteiger partial charge in [-0.2, -0.15) is 0 Å². The van der Waals surface area contributed by atoms with E-state index in [1.54, 1.807) is 0 Å². The lowest BCUT2D eigenvalue weighted by atomic mass is 9.91. The maximum atomic E-state index is 3.70. The van der Waals surface area contributed by atoms with E-state index in [1.165, 1.54) is 36.1 Å². The average molecular weight is 249 g/mol. The SMILES string of the molecule is CCNC(c1ccccc1SC)C1CCCC1. The van der Waals surface area contributed by atoms with Crippen LogP contribution in [-0.2, 0) is 0 Å². The van der Waals surface area contributed by atoms with E-state index in [0.717, 1.165) is 12.5 Å². The number of hydrogen-bond donors (Lipinski definition) is 1. The summed E-state index contributed by atoms with van der Waals surface area (Å²) in [5, 5.41) is 3.70. The van der Waals surface area contributed by atoms with Crippen molar-refractivity contribution in [3.8, 4) is 0 Å². The van der Waals surface area contributed by atoms with Crippen molar-refractivity contribution in [1.82, 2.24) is 5.32 Å². The first-order valence-corrected chi connectivity index (χ1v) is 7.95. The standard InChI is InChI=1S/C15H23NS/c1-3-16-15(12-8-4-5-9-12)13-10-6-7-11-14(13)17-2/h6-7,10-12,15-16H,3-5,8-9H2,1-2H3. The lowest BCUT2D eigenvalue weighted by Crippen LogP contribution is -2.27. The molecule has 0 aliphatic heterocycles. The van der Waals surface area contributed by atoms with E-state index < -0.39 is 0 Å². The normalized spacial score (nSPS) is 18.5. The molecule has 1 aromatic rings. The Morgan fingerprint density at radius 3 is 2.65 bits per heavy atom. The Balaban J connectivity index is 2.24. The minimum atomic E-state index is 0.561. The van der Waals surface area contributed by atoms with E-state index in [-0.39, 0.29) is 0 Å². The molecule has 1 nitrogen and oxygen atoms in total. The van der Waals surface area contributed by atoms with Gasteiger partial charge in [0.15, 0.2) is 0 Å². The molecular formula is C15H23NS. The molecule has 0 heterocycles. The molecule has 2 heteroatoms. The third-order valence-corrected chi connectivity index (χ3v) is 4.58. The van der Waals surface area contributed by atoms with E-state index in [0.29, 0.717) is 6.04 Å². The molecule has 1 aliphatic rings. The molecule has 1 unspecified atom stereocenters. The lowest BCUT2D eigenvalue weighted by molar-refractivity contribution is 0.370. The summed E-state index contributed by atoms with van der Waals surface area (Å²) in [6.45, 7) is 3.27. The second-order valence-corrected chi connectivity index (χ2v) is 5.67. The van der Waals surface area contributed by atoms with Gasteiger partial charge in [-0.25, -0.2) is 0 Å². The number of nitrogens with one attached hydrogen (secondary N) is 1. The molecule has 1 N–H and O–H groups in total. The summed E-state index contributed by atoms with van der Waals surface area (Å²) >= 11 is 1.87. The van der Waals surface area contributed by atoms with Gasteiger partial charge in [0.2, 0.25) is 0 Å². The smallest absolute Gasteiger partial charge is 0.0359 e. The second kappa shape index (κ2) is 6.46. The molecule has 1 atom stereocenters. The first-order valence-electron chi connectivity index (χ1n) is 6.73. The third-order valence-electron chi connectivity index (χ3n) is 3.77. The molecule has 0 radical (unpaired) electrons. The van der Waals surface area contributed by atoms with Crippen LogP contribution in [0.25, 0.3) is 0 Å². The lowest BCUT2D eigenvalue weighted by Gasteiger charge is -2.26. The molecule has 0 bridgehead atoms. The van der Waals surface area contributed by atoms with Gasteiger partial charge in [-0.05, 0) is 43.2 Å². The van der Waals surface area contributed by atoms with Gasteiger partial charge in [-0.3, -0.25) is 0 Å². The fourth-order valence-corrected chi connectivity index (χ4v) is 3.61. The Labute approximate surface area is 109 Å². The molecule has 1 aliphatic carbocycles. The Morgan fingerprint density at radius 2 is 2.00 bits per heavy atom. The minimum Gasteiger partial charge on any atom is -0.310 e. The van der Waals surface area contributed by atoms with Crippen LogP contribution in [0.5, 0.6) is 0 Å². The van der Waals surface area contributed by atoms with Crippen LogP contribution in [0.2, 0.25) is 0 Å². The molecule has 1 fully saturated rings. The van der Waals surface area contributed by atoms with Crippen LogP contribution in [0.3, 0.4) is 0 Å². The van der Waals surface area contributed by atoms with Crippen LogP contribution in [0.1, 0.15) is 44.2 Å². The van der Waals surface area contributed by atoms with Gasteiger partial charge >= 0.3 is 0 Å². The van der Waals surface area contributed by atoms with Gasteiger partial charge in [0, 0.05) is 10.9 Å². The van der Waals surface area contributed by atoms with Crippen molar-refractivity contribution in [2.24, 2.45) is 5.92 Å². The van der Waals surface area contributed by atoms with Gasteiger partial charge < -0.3 is 5.32 Å². The quantitative estimate of drug-likeness (QED) is 0.783. The molecule has 0 amide bonds. The number of rotatable bonds is 5. The predicted molar refractivity (Wildman–Crippen MR) is 76.6 cm³/mol. The first-order chi connectivity index (χ1) is 8.36. The van der Waals surface area contributed by atoms with Crippen molar-refractivity contribution in [3.63, 3.8) is 0 Å². The van der Waals surface area contributed by atoms with E-state index in [2.05, 4.69) is 42.8 Å². The summed E-state index contributed by atoms with van der Waals surface area (Å²) in [5.74, 6) is 0.836. The monoisotopic (exact) mass is 249 g/mol. The molecule has 0 saturated heterocycles. The minimum absolute atomic E-state index is 0.561. The maximum Gasteiger partial charge on any atom is 0.0359 e. The van der Waals surface area contributed by atoms with E-state index in [4.69, 9.17) is 0 Å². The highest BCUT2D eigenvalue weighted by molar-refractivity contribution is 7.98. The number of hydrogen-bond acceptors (Lipinski definition) is 2. The zero-order valence-electron chi connectivity index (χ0n) is 10.9. The van der Waals surface area contributed by atoms with E-state index >= 15 is 0 Å². The van der Waals surface area contributed by atoms with Crippen molar-refractivity contribution in [1.29, 1.82) is 0 Å². The largest absolute Gasteiger partial charge is 0.310 e. The van der Waals surface area contributed by atoms with Gasteiger partial charge in [-0.15, -0.1) is 11.8 Å². The van der Waals surface area contributed by atoms with Gasteiger partial charge in [-0.1, -0.05) is 38.0 Å². The fourth-order valence-electron chi connectivity index (χ4n) is 2.96. The summed E-state index contributed by atoms with van der Waals surface area (Å²) < 4.78 is 0. The fraction of sp³-hybridized carbons (Fsp3) is 0.600. The van der Waals surface area contributed by atoms with Crippen LogP contribution >= 0.6 is 11.8 Å². The summed E-state index contributed by atoms with van der Waals surface area (Å²) in [6, 6.07) is 9.43. The molecule has 1 aromatic carbocycles. The number of benzene rings is 1. The molecule has 0 aromatic heterocycles. The maximum absolute atomic E-state index is 3.70. The Kier molecular flexibility index (Phi) is 4.93. The highest BCUT2D eigenvalue weighted by Gasteiger charge is 2.26. The summed E-state index contributed by atoms with van der Waals surface area (Å²) in [4.78, 5) is 1.44. The van der Waals surface area contributed by atoms with Crippen molar-refractivity contribution >= 4 is 11.8 Å². The van der Waals surface area contributed by atoms with E-state index in [1.807, 2.05) is 11.8 Å². The highest BCUT2D eigenvalue weighted by atomic mass is 32.2. The Hall–Kier alpha value is -0.470. The van der Waals surface area contributed by atoms with Crippen LogP contribution < -0.4 is 5.32 Å². The highest BCUT2D eigenvalue weighted by Crippen LogP contribution is 2.38. The predicted octanol–water partition coefficient (Wildman–Crippen LogP) is 4.25. The van der Waals surface area contributed by atoms with Crippen molar-refractivity contribution in [3.05, 3.63) is 29.8 Å².